The first-order chi connectivity index (χ1) is 9.66. The van der Waals surface area contributed by atoms with Crippen molar-refractivity contribution in [2.24, 2.45) is 0 Å². The third-order valence-electron chi connectivity index (χ3n) is 3.92. The van der Waals surface area contributed by atoms with Gasteiger partial charge in [0.05, 0.1) is 5.69 Å². The van der Waals surface area contributed by atoms with Crippen LogP contribution in [0.1, 0.15) is 51.5 Å². The highest BCUT2D eigenvalue weighted by Gasteiger charge is 2.13. The lowest BCUT2D eigenvalue weighted by Gasteiger charge is -2.27. The molecular formula is C17H27FN2. The van der Waals surface area contributed by atoms with E-state index in [1.807, 2.05) is 12.1 Å². The average molecular weight is 278 g/mol. The molecule has 1 fully saturated rings. The summed E-state index contributed by atoms with van der Waals surface area (Å²) in [4.78, 5) is 2.22. The normalized spacial score (nSPS) is 17.1. The minimum absolute atomic E-state index is 0.0753. The van der Waals surface area contributed by atoms with E-state index in [0.717, 1.165) is 30.9 Å². The molecule has 0 bridgehead atoms. The van der Waals surface area contributed by atoms with Crippen LogP contribution >= 0.6 is 0 Å². The predicted molar refractivity (Wildman–Crippen MR) is 83.7 cm³/mol. The first kappa shape index (κ1) is 15.3. The third-order valence-corrected chi connectivity index (χ3v) is 3.92. The van der Waals surface area contributed by atoms with Crippen LogP contribution in [0.4, 0.5) is 10.1 Å². The number of hydrogen-bond acceptors (Lipinski definition) is 2. The zero-order valence-corrected chi connectivity index (χ0v) is 12.8. The van der Waals surface area contributed by atoms with Gasteiger partial charge in [-0.3, -0.25) is 0 Å². The Kier molecular flexibility index (Phi) is 5.84. The number of benzene rings is 1. The van der Waals surface area contributed by atoms with Crippen molar-refractivity contribution in [2.75, 3.05) is 18.0 Å². The van der Waals surface area contributed by atoms with E-state index in [1.54, 1.807) is 6.07 Å². The van der Waals surface area contributed by atoms with Crippen molar-refractivity contribution in [1.82, 2.24) is 5.32 Å². The van der Waals surface area contributed by atoms with Crippen LogP contribution < -0.4 is 10.2 Å². The minimum Gasteiger partial charge on any atom is -0.369 e. The number of nitrogens with one attached hydrogen (secondary N) is 1. The molecule has 0 spiro atoms. The predicted octanol–water partition coefficient (Wildman–Crippen LogP) is 4.09. The van der Waals surface area contributed by atoms with Gasteiger partial charge in [-0.05, 0) is 30.5 Å². The highest BCUT2D eigenvalue weighted by molar-refractivity contribution is 5.49. The zero-order chi connectivity index (χ0) is 14.4. The van der Waals surface area contributed by atoms with Crippen molar-refractivity contribution < 1.29 is 4.39 Å². The summed E-state index contributed by atoms with van der Waals surface area (Å²) in [6, 6.07) is 6.11. The molecule has 112 valence electrons. The van der Waals surface area contributed by atoms with Crippen LogP contribution in [-0.2, 0) is 6.54 Å². The van der Waals surface area contributed by atoms with E-state index in [0.29, 0.717) is 6.04 Å². The van der Waals surface area contributed by atoms with Gasteiger partial charge in [-0.25, -0.2) is 4.39 Å². The van der Waals surface area contributed by atoms with E-state index < -0.39 is 0 Å². The first-order valence-corrected chi connectivity index (χ1v) is 7.93. The molecule has 0 aromatic heterocycles. The molecule has 0 radical (unpaired) electrons. The molecule has 1 saturated heterocycles. The van der Waals surface area contributed by atoms with Gasteiger partial charge in [-0.2, -0.15) is 0 Å². The second-order valence-corrected chi connectivity index (χ2v) is 6.08. The summed E-state index contributed by atoms with van der Waals surface area (Å²) in [5.41, 5.74) is 1.80. The Hall–Kier alpha value is -1.09. The smallest absolute Gasteiger partial charge is 0.146 e. The van der Waals surface area contributed by atoms with Crippen LogP contribution in [0.15, 0.2) is 18.2 Å². The van der Waals surface area contributed by atoms with Crippen molar-refractivity contribution in [3.63, 3.8) is 0 Å². The maximum atomic E-state index is 14.3. The topological polar surface area (TPSA) is 15.3 Å². The van der Waals surface area contributed by atoms with Crippen LogP contribution in [0.5, 0.6) is 0 Å². The molecular weight excluding hydrogens is 251 g/mol. The highest BCUT2D eigenvalue weighted by Crippen LogP contribution is 2.23. The largest absolute Gasteiger partial charge is 0.369 e. The van der Waals surface area contributed by atoms with Crippen LogP contribution in [0.2, 0.25) is 0 Å². The fourth-order valence-corrected chi connectivity index (χ4v) is 2.73. The number of hydrogen-bond donors (Lipinski definition) is 1. The summed E-state index contributed by atoms with van der Waals surface area (Å²) in [5.74, 6) is -0.0753. The molecule has 20 heavy (non-hydrogen) atoms. The number of nitrogens with zero attached hydrogens (tertiary/aromatic N) is 1. The van der Waals surface area contributed by atoms with Gasteiger partial charge in [0.2, 0.25) is 0 Å². The maximum Gasteiger partial charge on any atom is 0.146 e. The molecule has 0 saturated carbocycles. The second kappa shape index (κ2) is 7.63. The van der Waals surface area contributed by atoms with E-state index in [4.69, 9.17) is 0 Å². The summed E-state index contributed by atoms with van der Waals surface area (Å²) in [7, 11) is 0. The standard InChI is InChI=1S/C17H27FN2/c1-14(2)19-13-15-8-9-17(16(18)12-15)20-10-6-4-3-5-7-11-20/h8-9,12,14,19H,3-7,10-11,13H2,1-2H3. The van der Waals surface area contributed by atoms with Crippen molar-refractivity contribution in [2.45, 2.75) is 58.5 Å². The van der Waals surface area contributed by atoms with Crippen molar-refractivity contribution in [1.29, 1.82) is 0 Å². The molecule has 3 heteroatoms. The average Bonchev–Trinajstić information content (AvgIpc) is 2.37. The molecule has 2 nitrogen and oxygen atoms in total. The second-order valence-electron chi connectivity index (χ2n) is 6.08. The highest BCUT2D eigenvalue weighted by atomic mass is 19.1. The Morgan fingerprint density at radius 2 is 1.75 bits per heavy atom. The van der Waals surface area contributed by atoms with Crippen molar-refractivity contribution in [3.8, 4) is 0 Å². The third kappa shape index (κ3) is 4.48. The number of rotatable bonds is 4. The lowest BCUT2D eigenvalue weighted by atomic mass is 10.1. The molecule has 1 aromatic carbocycles. The van der Waals surface area contributed by atoms with Gasteiger partial charge in [-0.1, -0.05) is 39.2 Å². The molecule has 0 aliphatic carbocycles. The fraction of sp³-hybridized carbons (Fsp3) is 0.647. The SMILES string of the molecule is CC(C)NCc1ccc(N2CCCCCCC2)c(F)c1. The minimum atomic E-state index is -0.0753. The molecule has 1 heterocycles. The Labute approximate surface area is 122 Å². The van der Waals surface area contributed by atoms with E-state index >= 15 is 0 Å². The Morgan fingerprint density at radius 3 is 2.35 bits per heavy atom. The molecule has 0 atom stereocenters. The lowest BCUT2D eigenvalue weighted by Crippen LogP contribution is -2.28. The maximum absolute atomic E-state index is 14.3. The molecule has 1 aliphatic heterocycles. The van der Waals surface area contributed by atoms with Crippen LogP contribution in [0, 0.1) is 5.82 Å². The summed E-state index contributed by atoms with van der Waals surface area (Å²) in [5, 5.41) is 3.33. The molecule has 1 N–H and O–H groups in total. The van der Waals surface area contributed by atoms with Crippen molar-refractivity contribution in [3.05, 3.63) is 29.6 Å². The molecule has 1 aromatic rings. The van der Waals surface area contributed by atoms with Gasteiger partial charge in [-0.15, -0.1) is 0 Å². The van der Waals surface area contributed by atoms with Crippen LogP contribution in [0.3, 0.4) is 0 Å². The van der Waals surface area contributed by atoms with E-state index in [1.165, 1.54) is 32.1 Å². The van der Waals surface area contributed by atoms with Gasteiger partial charge < -0.3 is 10.2 Å². The van der Waals surface area contributed by atoms with Gasteiger partial charge in [0, 0.05) is 25.7 Å². The van der Waals surface area contributed by atoms with E-state index in [-0.39, 0.29) is 5.82 Å². The van der Waals surface area contributed by atoms with Gasteiger partial charge in [0.15, 0.2) is 0 Å². The summed E-state index contributed by atoms with van der Waals surface area (Å²) < 4.78 is 14.3. The van der Waals surface area contributed by atoms with Crippen LogP contribution in [-0.4, -0.2) is 19.1 Å². The first-order valence-electron chi connectivity index (χ1n) is 7.93. The van der Waals surface area contributed by atoms with Gasteiger partial charge in [0.25, 0.3) is 0 Å². The summed E-state index contributed by atoms with van der Waals surface area (Å²) >= 11 is 0. The van der Waals surface area contributed by atoms with E-state index in [2.05, 4.69) is 24.1 Å². The molecule has 2 rings (SSSR count). The quantitative estimate of drug-likeness (QED) is 0.892. The Morgan fingerprint density at radius 1 is 1.10 bits per heavy atom. The Bertz CT molecular complexity index is 409. The van der Waals surface area contributed by atoms with Gasteiger partial charge >= 0.3 is 0 Å². The fourth-order valence-electron chi connectivity index (χ4n) is 2.73. The number of halogens is 1. The van der Waals surface area contributed by atoms with Crippen molar-refractivity contribution >= 4 is 5.69 Å². The Balaban J connectivity index is 2.03. The monoisotopic (exact) mass is 278 g/mol. The number of anilines is 1. The summed E-state index contributed by atoms with van der Waals surface area (Å²) in [6.45, 7) is 6.91. The van der Waals surface area contributed by atoms with E-state index in [9.17, 15) is 4.39 Å². The molecule has 0 amide bonds. The molecule has 1 aliphatic rings. The molecule has 0 unspecified atom stereocenters. The van der Waals surface area contributed by atoms with Crippen LogP contribution in [0.25, 0.3) is 0 Å². The lowest BCUT2D eigenvalue weighted by molar-refractivity contribution is 0.543. The zero-order valence-electron chi connectivity index (χ0n) is 12.8. The summed E-state index contributed by atoms with van der Waals surface area (Å²) in [6.07, 6.45) is 6.23. The van der Waals surface area contributed by atoms with Gasteiger partial charge in [0.1, 0.15) is 5.82 Å².